The van der Waals surface area contributed by atoms with E-state index < -0.39 is 22.5 Å². The van der Waals surface area contributed by atoms with Crippen molar-refractivity contribution in [3.05, 3.63) is 36.0 Å². The minimum absolute atomic E-state index is 0.0934. The summed E-state index contributed by atoms with van der Waals surface area (Å²) < 4.78 is 26.6. The molecule has 0 bridgehead atoms. The number of pyridine rings is 1. The maximum atomic E-state index is 12.8. The van der Waals surface area contributed by atoms with Crippen molar-refractivity contribution in [1.82, 2.24) is 9.29 Å². The standard InChI is InChI=1S/C15H18N2O4S/c1-3-9-17(10-14(18)19)22(20,21)13-7-6-11(2)15-12(13)5-4-8-16-15/h4-8H,3,9-10H2,1-2H3,(H,18,19). The van der Waals surface area contributed by atoms with Crippen molar-refractivity contribution in [2.75, 3.05) is 13.1 Å². The van der Waals surface area contributed by atoms with E-state index in [0.29, 0.717) is 17.3 Å². The minimum Gasteiger partial charge on any atom is -0.480 e. The van der Waals surface area contributed by atoms with Crippen molar-refractivity contribution < 1.29 is 18.3 Å². The summed E-state index contributed by atoms with van der Waals surface area (Å²) in [5.41, 5.74) is 1.48. The summed E-state index contributed by atoms with van der Waals surface area (Å²) in [6.45, 7) is 3.27. The van der Waals surface area contributed by atoms with Crippen LogP contribution in [-0.4, -0.2) is 41.9 Å². The number of fused-ring (bicyclic) bond motifs is 1. The van der Waals surface area contributed by atoms with Gasteiger partial charge in [0.25, 0.3) is 0 Å². The predicted molar refractivity (Wildman–Crippen MR) is 83.2 cm³/mol. The second-order valence-corrected chi connectivity index (χ2v) is 6.92. The lowest BCUT2D eigenvalue weighted by atomic mass is 10.1. The summed E-state index contributed by atoms with van der Waals surface area (Å²) >= 11 is 0. The Bertz CT molecular complexity index is 802. The van der Waals surface area contributed by atoms with Gasteiger partial charge in [-0.15, -0.1) is 0 Å². The highest BCUT2D eigenvalue weighted by Gasteiger charge is 2.27. The fraction of sp³-hybridized carbons (Fsp3) is 0.333. The molecule has 0 aliphatic heterocycles. The fourth-order valence-corrected chi connectivity index (χ4v) is 4.00. The van der Waals surface area contributed by atoms with Gasteiger partial charge in [0.1, 0.15) is 6.54 Å². The quantitative estimate of drug-likeness (QED) is 0.879. The molecular formula is C15H18N2O4S. The summed E-state index contributed by atoms with van der Waals surface area (Å²) in [6, 6.07) is 6.56. The van der Waals surface area contributed by atoms with Gasteiger partial charge < -0.3 is 5.11 Å². The van der Waals surface area contributed by atoms with Crippen LogP contribution >= 0.6 is 0 Å². The van der Waals surface area contributed by atoms with Crippen LogP contribution in [0.25, 0.3) is 10.9 Å². The first-order chi connectivity index (χ1) is 10.4. The third-order valence-electron chi connectivity index (χ3n) is 3.33. The fourth-order valence-electron chi connectivity index (χ4n) is 2.34. The summed E-state index contributed by atoms with van der Waals surface area (Å²) in [6.07, 6.45) is 2.14. The number of sulfonamides is 1. The van der Waals surface area contributed by atoms with E-state index in [0.717, 1.165) is 9.87 Å². The molecular weight excluding hydrogens is 304 g/mol. The monoisotopic (exact) mass is 322 g/mol. The lowest BCUT2D eigenvalue weighted by Crippen LogP contribution is -2.36. The van der Waals surface area contributed by atoms with Crippen LogP contribution in [0.3, 0.4) is 0 Å². The largest absolute Gasteiger partial charge is 0.480 e. The van der Waals surface area contributed by atoms with Gasteiger partial charge in [0.15, 0.2) is 0 Å². The zero-order valence-electron chi connectivity index (χ0n) is 12.5. The highest BCUT2D eigenvalue weighted by Crippen LogP contribution is 2.26. The third-order valence-corrected chi connectivity index (χ3v) is 5.24. The van der Waals surface area contributed by atoms with Gasteiger partial charge in [-0.3, -0.25) is 9.78 Å². The van der Waals surface area contributed by atoms with E-state index in [1.54, 1.807) is 31.3 Å². The van der Waals surface area contributed by atoms with Crippen molar-refractivity contribution >= 4 is 26.9 Å². The van der Waals surface area contributed by atoms with Crippen molar-refractivity contribution in [1.29, 1.82) is 0 Å². The summed E-state index contributed by atoms with van der Waals surface area (Å²) in [4.78, 5) is 15.3. The maximum Gasteiger partial charge on any atom is 0.318 e. The minimum atomic E-state index is -3.89. The molecule has 2 rings (SSSR count). The Labute approximate surface area is 129 Å². The van der Waals surface area contributed by atoms with Gasteiger partial charge in [-0.2, -0.15) is 4.31 Å². The number of carbonyl (C=O) groups is 1. The Hall–Kier alpha value is -1.99. The SMILES string of the molecule is CCCN(CC(=O)O)S(=O)(=O)c1ccc(C)c2ncccc12. The van der Waals surface area contributed by atoms with Gasteiger partial charge in [0, 0.05) is 18.1 Å². The number of hydrogen-bond donors (Lipinski definition) is 1. The molecule has 6 nitrogen and oxygen atoms in total. The highest BCUT2D eigenvalue weighted by atomic mass is 32.2. The van der Waals surface area contributed by atoms with E-state index in [1.807, 2.05) is 6.92 Å². The molecule has 0 unspecified atom stereocenters. The van der Waals surface area contributed by atoms with Crippen LogP contribution in [0.2, 0.25) is 0 Å². The number of aromatic nitrogens is 1. The van der Waals surface area contributed by atoms with E-state index in [9.17, 15) is 13.2 Å². The van der Waals surface area contributed by atoms with E-state index in [1.165, 1.54) is 6.07 Å². The average molecular weight is 322 g/mol. The van der Waals surface area contributed by atoms with Crippen LogP contribution < -0.4 is 0 Å². The Balaban J connectivity index is 2.62. The summed E-state index contributed by atoms with van der Waals surface area (Å²) in [7, 11) is -3.89. The van der Waals surface area contributed by atoms with Crippen molar-refractivity contribution in [2.45, 2.75) is 25.2 Å². The molecule has 0 radical (unpaired) electrons. The molecule has 0 amide bonds. The number of carboxylic acid groups (broad SMARTS) is 1. The number of carboxylic acids is 1. The highest BCUT2D eigenvalue weighted by molar-refractivity contribution is 7.89. The van der Waals surface area contributed by atoms with Gasteiger partial charge in [0.05, 0.1) is 10.4 Å². The van der Waals surface area contributed by atoms with Crippen molar-refractivity contribution in [3.8, 4) is 0 Å². The summed E-state index contributed by atoms with van der Waals surface area (Å²) in [5.74, 6) is -1.17. The van der Waals surface area contributed by atoms with E-state index in [4.69, 9.17) is 5.11 Å². The first-order valence-electron chi connectivity index (χ1n) is 6.94. The predicted octanol–water partition coefficient (Wildman–Crippen LogP) is 2.03. The molecule has 1 aromatic heterocycles. The molecule has 7 heteroatoms. The molecule has 0 atom stereocenters. The van der Waals surface area contributed by atoms with Crippen LogP contribution in [0.1, 0.15) is 18.9 Å². The smallest absolute Gasteiger partial charge is 0.318 e. The number of hydrogen-bond acceptors (Lipinski definition) is 4. The molecule has 0 aliphatic rings. The molecule has 0 saturated carbocycles. The topological polar surface area (TPSA) is 87.6 Å². The van der Waals surface area contributed by atoms with Crippen LogP contribution in [0.4, 0.5) is 0 Å². The lowest BCUT2D eigenvalue weighted by molar-refractivity contribution is -0.137. The number of rotatable bonds is 6. The Kier molecular flexibility index (Phi) is 4.77. The Morgan fingerprint density at radius 2 is 2.05 bits per heavy atom. The molecule has 0 spiro atoms. The molecule has 1 N–H and O–H groups in total. The molecule has 1 heterocycles. The lowest BCUT2D eigenvalue weighted by Gasteiger charge is -2.20. The van der Waals surface area contributed by atoms with Gasteiger partial charge in [-0.25, -0.2) is 8.42 Å². The van der Waals surface area contributed by atoms with E-state index in [-0.39, 0.29) is 11.4 Å². The number of benzene rings is 1. The zero-order valence-corrected chi connectivity index (χ0v) is 13.3. The second-order valence-electron chi connectivity index (χ2n) is 5.01. The molecule has 118 valence electrons. The number of aliphatic carboxylic acids is 1. The molecule has 2 aromatic rings. The molecule has 22 heavy (non-hydrogen) atoms. The zero-order chi connectivity index (χ0) is 16.3. The van der Waals surface area contributed by atoms with Crippen LogP contribution in [0.5, 0.6) is 0 Å². The maximum absolute atomic E-state index is 12.8. The Morgan fingerprint density at radius 1 is 1.32 bits per heavy atom. The number of nitrogens with zero attached hydrogens (tertiary/aromatic N) is 2. The molecule has 0 saturated heterocycles. The first-order valence-corrected chi connectivity index (χ1v) is 8.38. The molecule has 0 aliphatic carbocycles. The van der Waals surface area contributed by atoms with Crippen LogP contribution in [0.15, 0.2) is 35.4 Å². The molecule has 0 fully saturated rings. The number of aryl methyl sites for hydroxylation is 1. The second kappa shape index (κ2) is 6.41. The van der Waals surface area contributed by atoms with Crippen LogP contribution in [0, 0.1) is 6.92 Å². The van der Waals surface area contributed by atoms with E-state index in [2.05, 4.69) is 4.98 Å². The first kappa shape index (κ1) is 16.4. The normalized spacial score (nSPS) is 12.0. The molecule has 1 aromatic carbocycles. The van der Waals surface area contributed by atoms with Crippen LogP contribution in [-0.2, 0) is 14.8 Å². The summed E-state index contributed by atoms with van der Waals surface area (Å²) in [5, 5.41) is 9.47. The van der Waals surface area contributed by atoms with Gasteiger partial charge >= 0.3 is 5.97 Å². The van der Waals surface area contributed by atoms with Gasteiger partial charge in [-0.1, -0.05) is 13.0 Å². The van der Waals surface area contributed by atoms with E-state index >= 15 is 0 Å². The van der Waals surface area contributed by atoms with Crippen molar-refractivity contribution in [2.24, 2.45) is 0 Å². The average Bonchev–Trinajstić information content (AvgIpc) is 2.47. The third kappa shape index (κ3) is 3.10. The van der Waals surface area contributed by atoms with Gasteiger partial charge in [0.2, 0.25) is 10.0 Å². The van der Waals surface area contributed by atoms with Crippen molar-refractivity contribution in [3.63, 3.8) is 0 Å². The van der Waals surface area contributed by atoms with Gasteiger partial charge in [-0.05, 0) is 37.1 Å². The Morgan fingerprint density at radius 3 is 2.68 bits per heavy atom.